The standard InChI is InChI=1S/C11H19NS2/c1-10(2)8-14-6-4-12-7-11-3-5-13-9-11/h3,5,9-10,12H,4,6-8H2,1-2H3. The van der Waals surface area contributed by atoms with Gasteiger partial charge < -0.3 is 5.32 Å². The second-order valence-electron chi connectivity index (χ2n) is 3.78. The highest BCUT2D eigenvalue weighted by Crippen LogP contribution is 2.07. The Hall–Kier alpha value is 0.01000. The molecule has 1 aromatic heterocycles. The first kappa shape index (κ1) is 12.1. The lowest BCUT2D eigenvalue weighted by atomic mass is 10.3. The maximum Gasteiger partial charge on any atom is 0.0214 e. The van der Waals surface area contributed by atoms with Crippen LogP contribution in [0.2, 0.25) is 0 Å². The van der Waals surface area contributed by atoms with Crippen molar-refractivity contribution in [3.63, 3.8) is 0 Å². The minimum absolute atomic E-state index is 0.817. The molecule has 14 heavy (non-hydrogen) atoms. The van der Waals surface area contributed by atoms with E-state index in [1.807, 2.05) is 11.8 Å². The normalized spacial score (nSPS) is 11.1. The Morgan fingerprint density at radius 2 is 2.36 bits per heavy atom. The van der Waals surface area contributed by atoms with Crippen molar-refractivity contribution >= 4 is 23.1 Å². The lowest BCUT2D eigenvalue weighted by molar-refractivity contribution is 0.727. The van der Waals surface area contributed by atoms with E-state index in [1.54, 1.807) is 11.3 Å². The summed E-state index contributed by atoms with van der Waals surface area (Å²) >= 11 is 3.81. The summed E-state index contributed by atoms with van der Waals surface area (Å²) in [4.78, 5) is 0. The van der Waals surface area contributed by atoms with Crippen molar-refractivity contribution in [3.05, 3.63) is 22.4 Å². The third-order valence-electron chi connectivity index (χ3n) is 1.78. The Kier molecular flexibility index (Phi) is 6.32. The van der Waals surface area contributed by atoms with Gasteiger partial charge in [0.1, 0.15) is 0 Å². The summed E-state index contributed by atoms with van der Waals surface area (Å²) in [6, 6.07) is 2.18. The van der Waals surface area contributed by atoms with Crippen LogP contribution in [0.15, 0.2) is 16.8 Å². The molecule has 3 heteroatoms. The third kappa shape index (κ3) is 5.68. The zero-order valence-corrected chi connectivity index (χ0v) is 10.6. The summed E-state index contributed by atoms with van der Waals surface area (Å²) in [7, 11) is 0. The molecule has 0 aliphatic rings. The minimum Gasteiger partial charge on any atom is -0.312 e. The van der Waals surface area contributed by atoms with Crippen LogP contribution in [-0.2, 0) is 6.54 Å². The molecule has 1 aromatic rings. The van der Waals surface area contributed by atoms with E-state index in [9.17, 15) is 0 Å². The van der Waals surface area contributed by atoms with E-state index < -0.39 is 0 Å². The van der Waals surface area contributed by atoms with Crippen LogP contribution in [0.4, 0.5) is 0 Å². The van der Waals surface area contributed by atoms with Crippen LogP contribution >= 0.6 is 23.1 Å². The van der Waals surface area contributed by atoms with E-state index in [-0.39, 0.29) is 0 Å². The van der Waals surface area contributed by atoms with E-state index >= 15 is 0 Å². The lowest BCUT2D eigenvalue weighted by Gasteiger charge is -2.05. The number of thioether (sulfide) groups is 1. The van der Waals surface area contributed by atoms with Crippen molar-refractivity contribution in [1.29, 1.82) is 0 Å². The van der Waals surface area contributed by atoms with Crippen LogP contribution in [0.5, 0.6) is 0 Å². The molecule has 1 nitrogen and oxygen atoms in total. The van der Waals surface area contributed by atoms with Gasteiger partial charge in [-0.1, -0.05) is 13.8 Å². The summed E-state index contributed by atoms with van der Waals surface area (Å²) < 4.78 is 0. The van der Waals surface area contributed by atoms with Gasteiger partial charge in [-0.2, -0.15) is 23.1 Å². The zero-order chi connectivity index (χ0) is 10.2. The predicted molar refractivity (Wildman–Crippen MR) is 68.2 cm³/mol. The van der Waals surface area contributed by atoms with Crippen molar-refractivity contribution in [2.24, 2.45) is 5.92 Å². The zero-order valence-electron chi connectivity index (χ0n) is 8.95. The summed E-state index contributed by atoms with van der Waals surface area (Å²) in [6.45, 7) is 6.68. The van der Waals surface area contributed by atoms with Gasteiger partial charge in [0.25, 0.3) is 0 Å². The highest BCUT2D eigenvalue weighted by molar-refractivity contribution is 7.99. The molecule has 0 atom stereocenters. The average molecular weight is 229 g/mol. The van der Waals surface area contributed by atoms with Gasteiger partial charge in [0.05, 0.1) is 0 Å². The molecule has 0 unspecified atom stereocenters. The van der Waals surface area contributed by atoms with Gasteiger partial charge in [0.2, 0.25) is 0 Å². The highest BCUT2D eigenvalue weighted by atomic mass is 32.2. The minimum atomic E-state index is 0.817. The molecule has 1 rings (SSSR count). The van der Waals surface area contributed by atoms with Crippen molar-refractivity contribution in [3.8, 4) is 0 Å². The molecule has 80 valence electrons. The Bertz CT molecular complexity index is 219. The molecular formula is C11H19NS2. The fourth-order valence-electron chi connectivity index (χ4n) is 1.09. The molecule has 0 amide bonds. The Labute approximate surface area is 95.3 Å². The first-order chi connectivity index (χ1) is 6.79. The van der Waals surface area contributed by atoms with E-state index in [1.165, 1.54) is 17.1 Å². The van der Waals surface area contributed by atoms with Crippen molar-refractivity contribution < 1.29 is 0 Å². The first-order valence-corrected chi connectivity index (χ1v) is 7.18. The van der Waals surface area contributed by atoms with Crippen LogP contribution in [0.1, 0.15) is 19.4 Å². The molecule has 0 aliphatic carbocycles. The molecule has 0 saturated carbocycles. The number of rotatable bonds is 7. The summed E-state index contributed by atoms with van der Waals surface area (Å²) in [5.41, 5.74) is 1.41. The van der Waals surface area contributed by atoms with Crippen molar-refractivity contribution in [2.45, 2.75) is 20.4 Å². The van der Waals surface area contributed by atoms with Gasteiger partial charge in [-0.05, 0) is 34.1 Å². The van der Waals surface area contributed by atoms with Crippen LogP contribution < -0.4 is 5.32 Å². The molecule has 0 radical (unpaired) electrons. The third-order valence-corrected chi connectivity index (χ3v) is 3.91. The maximum atomic E-state index is 3.45. The van der Waals surface area contributed by atoms with E-state index in [0.717, 1.165) is 19.0 Å². The fourth-order valence-corrected chi connectivity index (χ4v) is 2.68. The summed E-state index contributed by atoms with van der Waals surface area (Å²) in [6.07, 6.45) is 0. The number of hydrogen-bond acceptors (Lipinski definition) is 3. The maximum absolute atomic E-state index is 3.45. The van der Waals surface area contributed by atoms with Gasteiger partial charge >= 0.3 is 0 Å². The van der Waals surface area contributed by atoms with Crippen LogP contribution in [0, 0.1) is 5.92 Å². The Morgan fingerprint density at radius 1 is 1.50 bits per heavy atom. The molecule has 0 aliphatic heterocycles. The summed E-state index contributed by atoms with van der Waals surface area (Å²) in [5, 5.41) is 7.78. The molecule has 0 saturated heterocycles. The van der Waals surface area contributed by atoms with Gasteiger partial charge in [-0.25, -0.2) is 0 Å². The van der Waals surface area contributed by atoms with Gasteiger partial charge in [0.15, 0.2) is 0 Å². The number of nitrogens with one attached hydrogen (secondary N) is 1. The van der Waals surface area contributed by atoms with Crippen molar-refractivity contribution in [2.75, 3.05) is 18.1 Å². The number of thiophene rings is 1. The van der Waals surface area contributed by atoms with E-state index in [2.05, 4.69) is 36.0 Å². The molecule has 0 spiro atoms. The van der Waals surface area contributed by atoms with Crippen molar-refractivity contribution in [1.82, 2.24) is 5.32 Å². The topological polar surface area (TPSA) is 12.0 Å². The van der Waals surface area contributed by atoms with Gasteiger partial charge in [0, 0.05) is 18.8 Å². The van der Waals surface area contributed by atoms with E-state index in [0.29, 0.717) is 0 Å². The lowest BCUT2D eigenvalue weighted by Crippen LogP contribution is -2.16. The molecule has 0 bridgehead atoms. The molecule has 1 N–H and O–H groups in total. The van der Waals surface area contributed by atoms with E-state index in [4.69, 9.17) is 0 Å². The Morgan fingerprint density at radius 3 is 3.00 bits per heavy atom. The Balaban J connectivity index is 1.90. The van der Waals surface area contributed by atoms with Crippen LogP contribution in [0.25, 0.3) is 0 Å². The highest BCUT2D eigenvalue weighted by Gasteiger charge is 1.95. The molecular weight excluding hydrogens is 210 g/mol. The predicted octanol–water partition coefficient (Wildman–Crippen LogP) is 3.23. The summed E-state index contributed by atoms with van der Waals surface area (Å²) in [5.74, 6) is 3.32. The van der Waals surface area contributed by atoms with Crippen LogP contribution in [-0.4, -0.2) is 18.1 Å². The van der Waals surface area contributed by atoms with Gasteiger partial charge in [-0.15, -0.1) is 0 Å². The SMILES string of the molecule is CC(C)CSCCNCc1ccsc1. The van der Waals surface area contributed by atoms with Gasteiger partial charge in [-0.3, -0.25) is 0 Å². The monoisotopic (exact) mass is 229 g/mol. The molecule has 1 heterocycles. The first-order valence-electron chi connectivity index (χ1n) is 5.08. The van der Waals surface area contributed by atoms with Crippen LogP contribution in [0.3, 0.4) is 0 Å². The molecule has 0 aromatic carbocycles. The molecule has 0 fully saturated rings. The fraction of sp³-hybridized carbons (Fsp3) is 0.636. The second kappa shape index (κ2) is 7.32. The number of hydrogen-bond donors (Lipinski definition) is 1. The second-order valence-corrected chi connectivity index (χ2v) is 5.71. The quantitative estimate of drug-likeness (QED) is 0.721. The average Bonchev–Trinajstić information content (AvgIpc) is 2.63. The largest absolute Gasteiger partial charge is 0.312 e. The smallest absolute Gasteiger partial charge is 0.0214 e.